The minimum atomic E-state index is -0.144. The summed E-state index contributed by atoms with van der Waals surface area (Å²) in [6.07, 6.45) is 10.3. The fourth-order valence-electron chi connectivity index (χ4n) is 3.79. The molecular formula is C20H27NO2. The van der Waals surface area contributed by atoms with Gasteiger partial charge < -0.3 is 4.74 Å². The van der Waals surface area contributed by atoms with Crippen molar-refractivity contribution in [2.45, 2.75) is 70.6 Å². The van der Waals surface area contributed by atoms with E-state index in [1.165, 1.54) is 25.7 Å². The minimum absolute atomic E-state index is 0.144. The molecule has 1 amide bonds. The first-order valence-corrected chi connectivity index (χ1v) is 8.96. The third-order valence-electron chi connectivity index (χ3n) is 4.98. The van der Waals surface area contributed by atoms with E-state index in [1.807, 2.05) is 35.2 Å². The van der Waals surface area contributed by atoms with Gasteiger partial charge in [0.2, 0.25) is 0 Å². The molecule has 0 aliphatic carbocycles. The smallest absolute Gasteiger partial charge is 0.410 e. The van der Waals surface area contributed by atoms with Crippen LogP contribution < -0.4 is 0 Å². The molecule has 3 nitrogen and oxygen atoms in total. The van der Waals surface area contributed by atoms with Crippen LogP contribution in [0.25, 0.3) is 0 Å². The number of hydrogen-bond acceptors (Lipinski definition) is 2. The number of piperidine rings is 1. The molecule has 2 aliphatic heterocycles. The third kappa shape index (κ3) is 3.95. The summed E-state index contributed by atoms with van der Waals surface area (Å²) >= 11 is 0. The Hall–Kier alpha value is -1.77. The summed E-state index contributed by atoms with van der Waals surface area (Å²) in [5.41, 5.74) is 2.59. The van der Waals surface area contributed by atoms with Crippen LogP contribution in [0.1, 0.15) is 57.4 Å². The molecule has 0 spiro atoms. The van der Waals surface area contributed by atoms with E-state index in [0.717, 1.165) is 24.8 Å². The van der Waals surface area contributed by atoms with E-state index < -0.39 is 0 Å². The second-order valence-electron chi connectivity index (χ2n) is 6.73. The fourth-order valence-corrected chi connectivity index (χ4v) is 3.79. The average Bonchev–Trinajstić information content (AvgIpc) is 2.58. The van der Waals surface area contributed by atoms with E-state index in [4.69, 9.17) is 4.74 Å². The highest BCUT2D eigenvalue weighted by Gasteiger charge is 2.37. The molecule has 3 rings (SSSR count). The first-order chi connectivity index (χ1) is 11.3. The first kappa shape index (κ1) is 16.1. The molecule has 0 N–H and O–H groups in total. The van der Waals surface area contributed by atoms with Gasteiger partial charge >= 0.3 is 6.09 Å². The molecule has 23 heavy (non-hydrogen) atoms. The molecule has 1 aromatic rings. The molecule has 1 saturated heterocycles. The van der Waals surface area contributed by atoms with Crippen LogP contribution >= 0.6 is 0 Å². The number of nitrogens with zero attached hydrogens (tertiary/aromatic N) is 1. The maximum Gasteiger partial charge on any atom is 0.410 e. The molecule has 2 unspecified atom stereocenters. The Labute approximate surface area is 139 Å². The Kier molecular flexibility index (Phi) is 5.37. The summed E-state index contributed by atoms with van der Waals surface area (Å²) in [7, 11) is 0. The van der Waals surface area contributed by atoms with Gasteiger partial charge in [-0.1, -0.05) is 55.3 Å². The molecule has 124 valence electrons. The summed E-state index contributed by atoms with van der Waals surface area (Å²) in [4.78, 5) is 14.6. The van der Waals surface area contributed by atoms with Crippen LogP contribution in [0.5, 0.6) is 0 Å². The van der Waals surface area contributed by atoms with Crippen molar-refractivity contribution in [3.63, 3.8) is 0 Å². The predicted octanol–water partition coefficient (Wildman–Crippen LogP) is 5.07. The average molecular weight is 313 g/mol. The van der Waals surface area contributed by atoms with Crippen molar-refractivity contribution >= 4 is 6.09 Å². The van der Waals surface area contributed by atoms with Crippen molar-refractivity contribution in [1.82, 2.24) is 4.90 Å². The summed E-state index contributed by atoms with van der Waals surface area (Å²) in [6.45, 7) is 2.60. The van der Waals surface area contributed by atoms with Gasteiger partial charge in [-0.15, -0.1) is 0 Å². The van der Waals surface area contributed by atoms with Crippen molar-refractivity contribution in [2.24, 2.45) is 0 Å². The number of hydrogen-bond donors (Lipinski definition) is 0. The van der Waals surface area contributed by atoms with E-state index in [0.29, 0.717) is 12.6 Å². The highest BCUT2D eigenvalue weighted by Crippen LogP contribution is 2.35. The molecule has 0 radical (unpaired) electrons. The number of ether oxygens (including phenoxy) is 1. The van der Waals surface area contributed by atoms with Crippen LogP contribution in [-0.4, -0.2) is 23.1 Å². The van der Waals surface area contributed by atoms with Gasteiger partial charge in [0.05, 0.1) is 6.04 Å². The van der Waals surface area contributed by atoms with Gasteiger partial charge in [0.1, 0.15) is 6.61 Å². The number of fused-ring (bicyclic) bond motifs is 2. The largest absolute Gasteiger partial charge is 0.445 e. The van der Waals surface area contributed by atoms with Crippen LogP contribution in [0.2, 0.25) is 0 Å². The molecule has 2 atom stereocenters. The first-order valence-electron chi connectivity index (χ1n) is 8.96. The van der Waals surface area contributed by atoms with Crippen molar-refractivity contribution < 1.29 is 9.53 Å². The lowest BCUT2D eigenvalue weighted by atomic mass is 9.84. The van der Waals surface area contributed by atoms with Gasteiger partial charge in [0.25, 0.3) is 0 Å². The van der Waals surface area contributed by atoms with Gasteiger partial charge in [-0.2, -0.15) is 0 Å². The standard InChI is InChI=1S/C20H27NO2/c1-2-3-8-17-13-18-11-7-12-19(14-17)21(18)20(22)23-15-16-9-5-4-6-10-16/h4-6,9-10,13,18-19H,2-3,7-8,11-12,14-15H2,1H3. The van der Waals surface area contributed by atoms with Crippen molar-refractivity contribution in [3.05, 3.63) is 47.5 Å². The molecule has 2 heterocycles. The molecule has 1 fully saturated rings. The van der Waals surface area contributed by atoms with E-state index in [-0.39, 0.29) is 12.1 Å². The van der Waals surface area contributed by atoms with Gasteiger partial charge in [0.15, 0.2) is 0 Å². The second-order valence-corrected chi connectivity index (χ2v) is 6.73. The lowest BCUT2D eigenvalue weighted by Crippen LogP contribution is -2.51. The van der Waals surface area contributed by atoms with E-state index in [2.05, 4.69) is 13.0 Å². The van der Waals surface area contributed by atoms with Gasteiger partial charge in [0, 0.05) is 6.04 Å². The molecular weight excluding hydrogens is 286 g/mol. The zero-order valence-electron chi connectivity index (χ0n) is 14.0. The Morgan fingerprint density at radius 1 is 1.26 bits per heavy atom. The minimum Gasteiger partial charge on any atom is -0.445 e. The summed E-state index contributed by atoms with van der Waals surface area (Å²) < 4.78 is 5.58. The fraction of sp³-hybridized carbons (Fsp3) is 0.550. The monoisotopic (exact) mass is 313 g/mol. The SMILES string of the molecule is CCCCC1=CC2CCCC(C1)N2C(=O)OCc1ccccc1. The third-order valence-corrected chi connectivity index (χ3v) is 4.98. The number of carbonyl (C=O) groups excluding carboxylic acids is 1. The number of rotatable bonds is 5. The highest BCUT2D eigenvalue weighted by molar-refractivity contribution is 5.69. The van der Waals surface area contributed by atoms with Crippen molar-refractivity contribution in [1.29, 1.82) is 0 Å². The Morgan fingerprint density at radius 3 is 2.83 bits per heavy atom. The van der Waals surface area contributed by atoms with Crippen LogP contribution in [0, 0.1) is 0 Å². The van der Waals surface area contributed by atoms with Crippen LogP contribution in [-0.2, 0) is 11.3 Å². The molecule has 1 aromatic carbocycles. The quantitative estimate of drug-likeness (QED) is 0.711. The molecule has 0 saturated carbocycles. The van der Waals surface area contributed by atoms with Gasteiger partial charge in [-0.3, -0.25) is 4.90 Å². The van der Waals surface area contributed by atoms with Crippen LogP contribution in [0.3, 0.4) is 0 Å². The molecule has 2 aliphatic rings. The topological polar surface area (TPSA) is 29.5 Å². The Morgan fingerprint density at radius 2 is 2.09 bits per heavy atom. The number of carbonyl (C=O) groups is 1. The Balaban J connectivity index is 1.62. The number of amides is 1. The normalized spacial score (nSPS) is 23.3. The Bertz CT molecular complexity index is 552. The van der Waals surface area contributed by atoms with E-state index >= 15 is 0 Å². The van der Waals surface area contributed by atoms with Crippen LogP contribution in [0.15, 0.2) is 42.0 Å². The molecule has 3 heteroatoms. The maximum absolute atomic E-state index is 12.6. The van der Waals surface area contributed by atoms with Crippen molar-refractivity contribution in [2.75, 3.05) is 0 Å². The van der Waals surface area contributed by atoms with Gasteiger partial charge in [-0.25, -0.2) is 4.79 Å². The summed E-state index contributed by atoms with van der Waals surface area (Å²) in [5.74, 6) is 0. The van der Waals surface area contributed by atoms with Gasteiger partial charge in [-0.05, 0) is 44.1 Å². The zero-order chi connectivity index (χ0) is 16.1. The lowest BCUT2D eigenvalue weighted by molar-refractivity contribution is 0.0479. The maximum atomic E-state index is 12.6. The van der Waals surface area contributed by atoms with E-state index in [1.54, 1.807) is 5.57 Å². The van der Waals surface area contributed by atoms with Crippen molar-refractivity contribution in [3.8, 4) is 0 Å². The lowest BCUT2D eigenvalue weighted by Gasteiger charge is -2.44. The van der Waals surface area contributed by atoms with E-state index in [9.17, 15) is 4.79 Å². The molecule has 0 aromatic heterocycles. The zero-order valence-corrected chi connectivity index (χ0v) is 14.0. The second kappa shape index (κ2) is 7.67. The van der Waals surface area contributed by atoms with Crippen LogP contribution in [0.4, 0.5) is 4.79 Å². The predicted molar refractivity (Wildman–Crippen MR) is 92.1 cm³/mol. The summed E-state index contributed by atoms with van der Waals surface area (Å²) in [6, 6.07) is 10.5. The number of benzene rings is 1. The highest BCUT2D eigenvalue weighted by atomic mass is 16.6. The summed E-state index contributed by atoms with van der Waals surface area (Å²) in [5, 5.41) is 0. The number of unbranched alkanes of at least 4 members (excludes halogenated alkanes) is 1. The molecule has 2 bridgehead atoms.